The zero-order valence-corrected chi connectivity index (χ0v) is 13.9. The molecule has 1 atom stereocenters. The van der Waals surface area contributed by atoms with Gasteiger partial charge in [0.25, 0.3) is 5.91 Å². The van der Waals surface area contributed by atoms with E-state index in [1.165, 1.54) is 32.2 Å². The molecule has 23 heavy (non-hydrogen) atoms. The number of hydrogen-bond donors (Lipinski definition) is 1. The molecular weight excluding hydrogens is 340 g/mol. The summed E-state index contributed by atoms with van der Waals surface area (Å²) < 4.78 is 5.08. The van der Waals surface area contributed by atoms with Crippen molar-refractivity contribution in [3.8, 4) is 0 Å². The van der Waals surface area contributed by atoms with Gasteiger partial charge in [-0.3, -0.25) is 9.59 Å². The summed E-state index contributed by atoms with van der Waals surface area (Å²) in [5.41, 5.74) is 0. The Hall–Kier alpha value is -2.25. The number of ether oxygens (including phenoxy) is 1. The summed E-state index contributed by atoms with van der Waals surface area (Å²) in [4.78, 5) is 39.8. The zero-order valence-electron chi connectivity index (χ0n) is 12.3. The number of rotatable bonds is 5. The third-order valence-corrected chi connectivity index (χ3v) is 4.18. The molecule has 0 aliphatic heterocycles. The number of aromatic nitrogens is 1. The van der Waals surface area contributed by atoms with Crippen LogP contribution < -0.4 is 5.32 Å². The maximum absolute atomic E-state index is 12.0. The Morgan fingerprint density at radius 2 is 1.91 bits per heavy atom. The van der Waals surface area contributed by atoms with Gasteiger partial charge in [-0.15, -0.1) is 11.3 Å². The van der Waals surface area contributed by atoms with Crippen LogP contribution in [0.3, 0.4) is 0 Å². The average molecular weight is 353 g/mol. The number of carbonyl (C=O) groups is 3. The average Bonchev–Trinajstić information content (AvgIpc) is 2.99. The lowest BCUT2D eigenvalue weighted by Crippen LogP contribution is -2.30. The van der Waals surface area contributed by atoms with E-state index in [1.807, 2.05) is 0 Å². The molecule has 1 N–H and O–H groups in total. The predicted molar refractivity (Wildman–Crippen MR) is 87.1 cm³/mol. The summed E-state index contributed by atoms with van der Waals surface area (Å²) in [5.74, 6) is -1.00. The third kappa shape index (κ3) is 4.61. The molecule has 0 aliphatic carbocycles. The summed E-state index contributed by atoms with van der Waals surface area (Å²) in [6, 6.07) is 6.16. The Morgan fingerprint density at radius 3 is 2.48 bits per heavy atom. The Kier molecular flexibility index (Phi) is 5.46. The van der Waals surface area contributed by atoms with Crippen molar-refractivity contribution in [3.05, 3.63) is 45.2 Å². The van der Waals surface area contributed by atoms with E-state index in [-0.39, 0.29) is 10.7 Å². The first-order chi connectivity index (χ1) is 10.9. The Morgan fingerprint density at radius 1 is 1.22 bits per heavy atom. The van der Waals surface area contributed by atoms with E-state index in [9.17, 15) is 14.4 Å². The molecule has 8 heteroatoms. The van der Waals surface area contributed by atoms with Crippen molar-refractivity contribution in [2.75, 3.05) is 5.32 Å². The number of esters is 1. The summed E-state index contributed by atoms with van der Waals surface area (Å²) in [5, 5.41) is 2.96. The van der Waals surface area contributed by atoms with Gasteiger partial charge in [-0.05, 0) is 38.1 Å². The van der Waals surface area contributed by atoms with Gasteiger partial charge in [-0.2, -0.15) is 0 Å². The first-order valence-corrected chi connectivity index (χ1v) is 7.80. The normalized spacial score (nSPS) is 11.6. The molecule has 0 aromatic carbocycles. The molecule has 2 aromatic rings. The Bertz CT molecular complexity index is 742. The van der Waals surface area contributed by atoms with E-state index < -0.39 is 18.0 Å². The van der Waals surface area contributed by atoms with Gasteiger partial charge >= 0.3 is 5.97 Å². The number of nitrogens with one attached hydrogen (secondary N) is 1. The fourth-order valence-electron chi connectivity index (χ4n) is 1.59. The van der Waals surface area contributed by atoms with Gasteiger partial charge < -0.3 is 10.1 Å². The Balaban J connectivity index is 1.95. The van der Waals surface area contributed by atoms with Crippen molar-refractivity contribution in [2.45, 2.75) is 20.0 Å². The summed E-state index contributed by atoms with van der Waals surface area (Å²) in [7, 11) is 0. The molecule has 2 heterocycles. The first-order valence-electron chi connectivity index (χ1n) is 6.61. The van der Waals surface area contributed by atoms with Crippen molar-refractivity contribution in [3.63, 3.8) is 0 Å². The van der Waals surface area contributed by atoms with Crippen LogP contribution in [0.5, 0.6) is 0 Å². The molecule has 0 spiro atoms. The van der Waals surface area contributed by atoms with Gasteiger partial charge in [0, 0.05) is 6.20 Å². The lowest BCUT2D eigenvalue weighted by atomic mass is 10.3. The van der Waals surface area contributed by atoms with Crippen molar-refractivity contribution >= 4 is 46.4 Å². The molecule has 6 nitrogen and oxygen atoms in total. The standard InChI is InChI=1S/C15H13ClN2O4S/c1-8(19)11-4-5-12(23-11)15(21)22-9(2)14(20)18-13-6-3-10(16)7-17-13/h3-7,9H,1-2H3,(H,17,18,20)/t9-/m0/s1. The van der Waals surface area contributed by atoms with E-state index in [4.69, 9.17) is 16.3 Å². The summed E-state index contributed by atoms with van der Waals surface area (Å²) in [6.07, 6.45) is 0.380. The van der Waals surface area contributed by atoms with Crippen LogP contribution in [0.2, 0.25) is 5.02 Å². The van der Waals surface area contributed by atoms with Crippen LogP contribution in [-0.4, -0.2) is 28.7 Å². The van der Waals surface area contributed by atoms with Gasteiger partial charge in [-0.1, -0.05) is 11.6 Å². The number of amides is 1. The van der Waals surface area contributed by atoms with Gasteiger partial charge in [0.15, 0.2) is 11.9 Å². The molecule has 0 aliphatic rings. The van der Waals surface area contributed by atoms with Crippen molar-refractivity contribution in [1.82, 2.24) is 4.98 Å². The number of pyridine rings is 1. The third-order valence-electron chi connectivity index (χ3n) is 2.79. The maximum atomic E-state index is 12.0. The number of carbonyl (C=O) groups excluding carboxylic acids is 3. The van der Waals surface area contributed by atoms with E-state index in [1.54, 1.807) is 12.1 Å². The van der Waals surface area contributed by atoms with E-state index in [0.29, 0.717) is 15.7 Å². The van der Waals surface area contributed by atoms with Gasteiger partial charge in [0.1, 0.15) is 10.7 Å². The number of ketones is 1. The SMILES string of the molecule is CC(=O)c1ccc(C(=O)O[C@@H](C)C(=O)Nc2ccc(Cl)cn2)s1. The van der Waals surface area contributed by atoms with Crippen molar-refractivity contribution in [2.24, 2.45) is 0 Å². The minimum absolute atomic E-state index is 0.131. The number of hydrogen-bond acceptors (Lipinski definition) is 6. The van der Waals surface area contributed by atoms with E-state index >= 15 is 0 Å². The van der Waals surface area contributed by atoms with Gasteiger partial charge in [-0.25, -0.2) is 9.78 Å². The molecule has 0 fully saturated rings. The molecule has 0 bridgehead atoms. The molecular formula is C15H13ClN2O4S. The van der Waals surface area contributed by atoms with E-state index in [0.717, 1.165) is 11.3 Å². The molecule has 120 valence electrons. The molecule has 0 unspecified atom stereocenters. The van der Waals surface area contributed by atoms with Crippen molar-refractivity contribution in [1.29, 1.82) is 0 Å². The van der Waals surface area contributed by atoms with Gasteiger partial charge in [0.2, 0.25) is 0 Å². The van der Waals surface area contributed by atoms with Crippen LogP contribution in [0.25, 0.3) is 0 Å². The molecule has 0 radical (unpaired) electrons. The van der Waals surface area contributed by atoms with Crippen molar-refractivity contribution < 1.29 is 19.1 Å². The van der Waals surface area contributed by atoms with Crippen LogP contribution in [0.1, 0.15) is 33.2 Å². The highest BCUT2D eigenvalue weighted by atomic mass is 35.5. The first kappa shape index (κ1) is 17.1. The quantitative estimate of drug-likeness (QED) is 0.659. The second-order valence-corrected chi connectivity index (χ2v) is 6.14. The zero-order chi connectivity index (χ0) is 17.0. The predicted octanol–water partition coefficient (Wildman–Crippen LogP) is 3.18. The smallest absolute Gasteiger partial charge is 0.349 e. The number of nitrogens with zero attached hydrogens (tertiary/aromatic N) is 1. The number of Topliss-reactive ketones (excluding diaryl/α,β-unsaturated/α-hetero) is 1. The molecule has 1 amide bonds. The molecule has 2 rings (SSSR count). The highest BCUT2D eigenvalue weighted by molar-refractivity contribution is 7.15. The largest absolute Gasteiger partial charge is 0.448 e. The lowest BCUT2D eigenvalue weighted by Gasteiger charge is -2.12. The fraction of sp³-hybridized carbons (Fsp3) is 0.200. The minimum atomic E-state index is -1.01. The van der Waals surface area contributed by atoms with E-state index in [2.05, 4.69) is 10.3 Å². The number of anilines is 1. The topological polar surface area (TPSA) is 85.4 Å². The van der Waals surface area contributed by atoms with Crippen LogP contribution in [0.15, 0.2) is 30.5 Å². The van der Waals surface area contributed by atoms with Crippen LogP contribution in [0, 0.1) is 0 Å². The molecule has 0 saturated carbocycles. The second-order valence-electron chi connectivity index (χ2n) is 4.62. The van der Waals surface area contributed by atoms with Gasteiger partial charge in [0.05, 0.1) is 9.90 Å². The highest BCUT2D eigenvalue weighted by Gasteiger charge is 2.21. The minimum Gasteiger partial charge on any atom is -0.448 e. The number of halogens is 1. The highest BCUT2D eigenvalue weighted by Crippen LogP contribution is 2.18. The summed E-state index contributed by atoms with van der Waals surface area (Å²) in [6.45, 7) is 2.86. The summed E-state index contributed by atoms with van der Waals surface area (Å²) >= 11 is 6.73. The number of thiophene rings is 1. The van der Waals surface area contributed by atoms with Crippen LogP contribution >= 0.6 is 22.9 Å². The maximum Gasteiger partial charge on any atom is 0.349 e. The van der Waals surface area contributed by atoms with Crippen LogP contribution in [0.4, 0.5) is 5.82 Å². The fourth-order valence-corrected chi connectivity index (χ4v) is 2.48. The van der Waals surface area contributed by atoms with Crippen LogP contribution in [-0.2, 0) is 9.53 Å². The monoisotopic (exact) mass is 352 g/mol. The molecule has 0 saturated heterocycles. The Labute approximate surface area is 141 Å². The second kappa shape index (κ2) is 7.34. The molecule has 2 aromatic heterocycles. The lowest BCUT2D eigenvalue weighted by molar-refractivity contribution is -0.123.